The molecule has 2 heterocycles. The zero-order valence-corrected chi connectivity index (χ0v) is 14.6. The minimum Gasteiger partial charge on any atom is -0.257 e. The molecule has 118 valence electrons. The molecule has 1 aromatic carbocycles. The topological polar surface area (TPSA) is 21.7 Å². The summed E-state index contributed by atoms with van der Waals surface area (Å²) in [6.07, 6.45) is 4.05. The molecule has 2 aromatic heterocycles. The molecule has 0 N–H and O–H groups in total. The fourth-order valence-corrected chi connectivity index (χ4v) is 3.30. The van der Waals surface area contributed by atoms with Gasteiger partial charge < -0.3 is 0 Å². The van der Waals surface area contributed by atoms with Crippen molar-refractivity contribution in [2.24, 2.45) is 0 Å². The normalized spacial score (nSPS) is 11.0. The molecule has 3 aromatic rings. The van der Waals surface area contributed by atoms with Gasteiger partial charge in [0.2, 0.25) is 6.33 Å². The Morgan fingerprint density at radius 1 is 1.00 bits per heavy atom. The predicted molar refractivity (Wildman–Crippen MR) is 93.0 cm³/mol. The summed E-state index contributed by atoms with van der Waals surface area (Å²) < 4.78 is 4.58. The molecule has 0 radical (unpaired) electrons. The van der Waals surface area contributed by atoms with Crippen LogP contribution < -0.4 is 4.57 Å². The molecule has 3 nitrogen and oxygen atoms in total. The SMILES string of the molecule is Cc1cc(C)c(-n2c[n+](Cc3ccccn3)c(C)c2C)c(C)c1. The Kier molecular flexibility index (Phi) is 4.03. The Morgan fingerprint density at radius 2 is 1.70 bits per heavy atom. The molecule has 0 saturated heterocycles. The van der Waals surface area contributed by atoms with Crippen LogP contribution in [0.5, 0.6) is 0 Å². The molecule has 3 heteroatoms. The van der Waals surface area contributed by atoms with E-state index in [4.69, 9.17) is 0 Å². The van der Waals surface area contributed by atoms with Crippen molar-refractivity contribution in [2.45, 2.75) is 41.2 Å². The van der Waals surface area contributed by atoms with Gasteiger partial charge in [0.1, 0.15) is 23.6 Å². The molecule has 0 aliphatic rings. The lowest BCUT2D eigenvalue weighted by atomic mass is 10.0. The van der Waals surface area contributed by atoms with Gasteiger partial charge in [-0.15, -0.1) is 0 Å². The Morgan fingerprint density at radius 3 is 2.30 bits per heavy atom. The van der Waals surface area contributed by atoms with E-state index in [9.17, 15) is 0 Å². The summed E-state index contributed by atoms with van der Waals surface area (Å²) in [5, 5.41) is 0. The summed E-state index contributed by atoms with van der Waals surface area (Å²) in [5.41, 5.74) is 8.85. The van der Waals surface area contributed by atoms with Crippen LogP contribution in [0.3, 0.4) is 0 Å². The predicted octanol–water partition coefficient (Wildman–Crippen LogP) is 3.75. The van der Waals surface area contributed by atoms with Crippen molar-refractivity contribution in [3.05, 3.63) is 76.6 Å². The van der Waals surface area contributed by atoms with Gasteiger partial charge in [-0.25, -0.2) is 4.57 Å². The maximum Gasteiger partial charge on any atom is 0.249 e. The zero-order valence-electron chi connectivity index (χ0n) is 14.6. The smallest absolute Gasteiger partial charge is 0.249 e. The molecule has 0 aliphatic heterocycles. The number of nitrogens with zero attached hydrogens (tertiary/aromatic N) is 3. The minimum atomic E-state index is 0.796. The van der Waals surface area contributed by atoms with Crippen molar-refractivity contribution in [1.82, 2.24) is 9.55 Å². The van der Waals surface area contributed by atoms with Gasteiger partial charge in [0.05, 0.1) is 5.69 Å². The number of benzene rings is 1. The Balaban J connectivity index is 2.07. The van der Waals surface area contributed by atoms with Crippen molar-refractivity contribution in [3.63, 3.8) is 0 Å². The van der Waals surface area contributed by atoms with Gasteiger partial charge in [-0.2, -0.15) is 4.57 Å². The first-order valence-electron chi connectivity index (χ1n) is 8.03. The molecular formula is C20H24N3+. The lowest BCUT2D eigenvalue weighted by Gasteiger charge is -2.08. The second-order valence-corrected chi connectivity index (χ2v) is 6.35. The third-order valence-corrected chi connectivity index (χ3v) is 4.51. The highest BCUT2D eigenvalue weighted by atomic mass is 15.2. The Labute approximate surface area is 138 Å². The van der Waals surface area contributed by atoms with E-state index in [1.54, 1.807) is 0 Å². The highest BCUT2D eigenvalue weighted by Crippen LogP contribution is 2.23. The van der Waals surface area contributed by atoms with Crippen LogP contribution in [0.2, 0.25) is 0 Å². The average Bonchev–Trinajstić information content (AvgIpc) is 2.76. The first kappa shape index (κ1) is 15.5. The molecule has 0 unspecified atom stereocenters. The van der Waals surface area contributed by atoms with E-state index in [1.165, 1.54) is 33.8 Å². The molecule has 0 atom stereocenters. The van der Waals surface area contributed by atoms with E-state index in [1.807, 2.05) is 18.3 Å². The lowest BCUT2D eigenvalue weighted by Crippen LogP contribution is -2.35. The largest absolute Gasteiger partial charge is 0.257 e. The number of imidazole rings is 1. The Bertz CT molecular complexity index is 822. The van der Waals surface area contributed by atoms with Crippen molar-refractivity contribution < 1.29 is 4.57 Å². The van der Waals surface area contributed by atoms with E-state index in [2.05, 4.69) is 73.3 Å². The van der Waals surface area contributed by atoms with Crippen LogP contribution in [0, 0.1) is 34.6 Å². The van der Waals surface area contributed by atoms with Gasteiger partial charge in [0, 0.05) is 20.0 Å². The molecule has 3 rings (SSSR count). The second kappa shape index (κ2) is 5.99. The molecule has 0 spiro atoms. The number of pyridine rings is 1. The standard InChI is InChI=1S/C20H24N3/c1-14-10-15(2)20(16(3)11-14)23-13-22(17(4)18(23)5)12-19-8-6-7-9-21-19/h6-11,13H,12H2,1-5H3/q+1. The van der Waals surface area contributed by atoms with E-state index in [0.717, 1.165) is 12.2 Å². The van der Waals surface area contributed by atoms with Crippen LogP contribution in [0.4, 0.5) is 0 Å². The summed E-state index contributed by atoms with van der Waals surface area (Å²) in [7, 11) is 0. The maximum atomic E-state index is 4.44. The first-order chi connectivity index (χ1) is 11.0. The van der Waals surface area contributed by atoms with Crippen LogP contribution in [0.1, 0.15) is 33.8 Å². The molecular weight excluding hydrogens is 282 g/mol. The molecule has 0 bridgehead atoms. The van der Waals surface area contributed by atoms with Crippen LogP contribution in [0.15, 0.2) is 42.9 Å². The summed E-state index contributed by atoms with van der Waals surface area (Å²) in [5.74, 6) is 0. The van der Waals surface area contributed by atoms with Gasteiger partial charge in [-0.1, -0.05) is 23.8 Å². The monoisotopic (exact) mass is 306 g/mol. The maximum absolute atomic E-state index is 4.44. The van der Waals surface area contributed by atoms with Gasteiger partial charge in [-0.3, -0.25) is 4.98 Å². The summed E-state index contributed by atoms with van der Waals surface area (Å²) in [6.45, 7) is 11.7. The Hall–Kier alpha value is -2.42. The molecule has 0 amide bonds. The van der Waals surface area contributed by atoms with Gasteiger partial charge in [-0.05, 0) is 44.0 Å². The van der Waals surface area contributed by atoms with Crippen LogP contribution in [-0.4, -0.2) is 9.55 Å². The lowest BCUT2D eigenvalue weighted by molar-refractivity contribution is -0.694. The fraction of sp³-hybridized carbons (Fsp3) is 0.300. The highest BCUT2D eigenvalue weighted by molar-refractivity contribution is 5.50. The number of aryl methyl sites for hydroxylation is 3. The third-order valence-electron chi connectivity index (χ3n) is 4.51. The van der Waals surface area contributed by atoms with Gasteiger partial charge >= 0.3 is 0 Å². The van der Waals surface area contributed by atoms with Crippen LogP contribution in [-0.2, 0) is 6.54 Å². The average molecular weight is 306 g/mol. The van der Waals surface area contributed by atoms with E-state index < -0.39 is 0 Å². The van der Waals surface area contributed by atoms with Crippen molar-refractivity contribution >= 4 is 0 Å². The van der Waals surface area contributed by atoms with Crippen molar-refractivity contribution in [1.29, 1.82) is 0 Å². The summed E-state index contributed by atoms with van der Waals surface area (Å²) >= 11 is 0. The van der Waals surface area contributed by atoms with Crippen LogP contribution in [0.25, 0.3) is 5.69 Å². The van der Waals surface area contributed by atoms with E-state index >= 15 is 0 Å². The molecule has 0 fully saturated rings. The molecule has 0 aliphatic carbocycles. The zero-order chi connectivity index (χ0) is 16.6. The number of hydrogen-bond acceptors (Lipinski definition) is 1. The number of rotatable bonds is 3. The van der Waals surface area contributed by atoms with Crippen LogP contribution >= 0.6 is 0 Å². The van der Waals surface area contributed by atoms with Crippen molar-refractivity contribution in [2.75, 3.05) is 0 Å². The van der Waals surface area contributed by atoms with E-state index in [0.29, 0.717) is 0 Å². The van der Waals surface area contributed by atoms with Gasteiger partial charge in [0.25, 0.3) is 0 Å². The second-order valence-electron chi connectivity index (χ2n) is 6.35. The summed E-state index contributed by atoms with van der Waals surface area (Å²) in [6, 6.07) is 10.6. The number of aromatic nitrogens is 3. The molecule has 23 heavy (non-hydrogen) atoms. The van der Waals surface area contributed by atoms with Gasteiger partial charge in [0.15, 0.2) is 0 Å². The third kappa shape index (κ3) is 2.91. The quantitative estimate of drug-likeness (QED) is 0.675. The number of hydrogen-bond donors (Lipinski definition) is 0. The highest BCUT2D eigenvalue weighted by Gasteiger charge is 2.21. The van der Waals surface area contributed by atoms with E-state index in [-0.39, 0.29) is 0 Å². The van der Waals surface area contributed by atoms with Crippen molar-refractivity contribution in [3.8, 4) is 5.69 Å². The molecule has 0 saturated carbocycles. The minimum absolute atomic E-state index is 0.796. The fourth-order valence-electron chi connectivity index (χ4n) is 3.30. The first-order valence-corrected chi connectivity index (χ1v) is 8.03. The summed E-state index contributed by atoms with van der Waals surface area (Å²) in [4.78, 5) is 4.44.